The number of fused-ring (bicyclic) bond motifs is 1. The number of carbonyl (C=O) groups is 2. The number of nitrogens with zero attached hydrogens (tertiary/aromatic N) is 4. The van der Waals surface area contributed by atoms with Crippen LogP contribution >= 0.6 is 0 Å². The summed E-state index contributed by atoms with van der Waals surface area (Å²) in [6.07, 6.45) is 3.23. The third-order valence-corrected chi connectivity index (χ3v) is 5.00. The van der Waals surface area contributed by atoms with Crippen molar-refractivity contribution >= 4 is 28.8 Å². The van der Waals surface area contributed by atoms with Crippen molar-refractivity contribution in [1.82, 2.24) is 30.7 Å². The number of aryl methyl sites for hydroxylation is 2. The molecule has 0 bridgehead atoms. The van der Waals surface area contributed by atoms with Crippen LogP contribution in [0.25, 0.3) is 10.8 Å². The van der Waals surface area contributed by atoms with E-state index in [1.807, 2.05) is 6.92 Å². The van der Waals surface area contributed by atoms with E-state index in [4.69, 9.17) is 0 Å². The van der Waals surface area contributed by atoms with Crippen LogP contribution in [-0.2, 0) is 11.8 Å². The molecule has 0 aliphatic heterocycles. The van der Waals surface area contributed by atoms with Crippen LogP contribution in [0.4, 0.5) is 0 Å². The molecule has 2 heterocycles. The largest absolute Gasteiger partial charge is 0.335 e. The van der Waals surface area contributed by atoms with Crippen molar-refractivity contribution in [1.29, 1.82) is 0 Å². The number of rotatable bonds is 6. The second kappa shape index (κ2) is 9.27. The fourth-order valence-corrected chi connectivity index (χ4v) is 3.39. The molecule has 0 radical (unpaired) electrons. The number of H-pyrrole nitrogens is 1. The fraction of sp³-hybridized carbons (Fsp3) is 0.130. The van der Waals surface area contributed by atoms with Crippen molar-refractivity contribution in [2.45, 2.75) is 13.0 Å². The van der Waals surface area contributed by atoms with Crippen LogP contribution in [0, 0.1) is 6.92 Å². The Balaban J connectivity index is 1.68. The number of hydrazone groups is 1. The van der Waals surface area contributed by atoms with Gasteiger partial charge in [-0.25, -0.2) is 10.5 Å². The van der Waals surface area contributed by atoms with Gasteiger partial charge in [0, 0.05) is 29.8 Å². The molecule has 33 heavy (non-hydrogen) atoms. The van der Waals surface area contributed by atoms with Crippen molar-refractivity contribution in [2.24, 2.45) is 12.1 Å². The topological polar surface area (TPSA) is 134 Å². The van der Waals surface area contributed by atoms with Crippen molar-refractivity contribution < 1.29 is 9.59 Å². The summed E-state index contributed by atoms with van der Waals surface area (Å²) in [4.78, 5) is 38.2. The first-order valence-electron chi connectivity index (χ1n) is 10.1. The minimum atomic E-state index is -1.22. The predicted molar refractivity (Wildman–Crippen MR) is 123 cm³/mol. The van der Waals surface area contributed by atoms with Crippen LogP contribution < -0.4 is 16.3 Å². The van der Waals surface area contributed by atoms with E-state index in [1.54, 1.807) is 72.5 Å². The zero-order chi connectivity index (χ0) is 23.4. The SMILES string of the molecule is Cc1nn(C)cc1/C=N\NC(=O)[C@@H](NC(=O)c1ccccc1)c1n[nH]c(=O)c2ccccc12. The van der Waals surface area contributed by atoms with Gasteiger partial charge in [-0.15, -0.1) is 0 Å². The van der Waals surface area contributed by atoms with E-state index >= 15 is 0 Å². The Morgan fingerprint density at radius 3 is 2.48 bits per heavy atom. The number of nitrogens with one attached hydrogen (secondary N) is 3. The average molecular weight is 443 g/mol. The first-order valence-corrected chi connectivity index (χ1v) is 10.1. The molecule has 0 saturated carbocycles. The Hall–Kier alpha value is -4.60. The number of amides is 2. The Morgan fingerprint density at radius 2 is 1.79 bits per heavy atom. The molecule has 0 spiro atoms. The molecule has 2 aromatic carbocycles. The summed E-state index contributed by atoms with van der Waals surface area (Å²) >= 11 is 0. The highest BCUT2D eigenvalue weighted by molar-refractivity contribution is 5.99. The molecule has 0 saturated heterocycles. The quantitative estimate of drug-likeness (QED) is 0.307. The van der Waals surface area contributed by atoms with Crippen LogP contribution in [0.15, 0.2) is 70.7 Å². The normalized spacial score (nSPS) is 12.1. The van der Waals surface area contributed by atoms with Gasteiger partial charge in [0.1, 0.15) is 5.69 Å². The molecule has 2 amide bonds. The van der Waals surface area contributed by atoms with Gasteiger partial charge in [-0.2, -0.15) is 15.3 Å². The van der Waals surface area contributed by atoms with Gasteiger partial charge in [-0.1, -0.05) is 36.4 Å². The molecule has 4 rings (SSSR count). The van der Waals surface area contributed by atoms with Crippen molar-refractivity contribution in [3.8, 4) is 0 Å². The molecule has 4 aromatic rings. The predicted octanol–water partition coefficient (Wildman–Crippen LogP) is 1.59. The van der Waals surface area contributed by atoms with Gasteiger partial charge in [0.25, 0.3) is 17.4 Å². The van der Waals surface area contributed by atoms with Crippen LogP contribution in [0.2, 0.25) is 0 Å². The fourth-order valence-electron chi connectivity index (χ4n) is 3.39. The van der Waals surface area contributed by atoms with E-state index in [0.29, 0.717) is 16.3 Å². The van der Waals surface area contributed by atoms with Crippen LogP contribution in [0.5, 0.6) is 0 Å². The highest BCUT2D eigenvalue weighted by Crippen LogP contribution is 2.20. The summed E-state index contributed by atoms with van der Waals surface area (Å²) in [5.41, 5.74) is 4.10. The van der Waals surface area contributed by atoms with Gasteiger partial charge in [0.15, 0.2) is 6.04 Å². The maximum Gasteiger partial charge on any atom is 0.272 e. The van der Waals surface area contributed by atoms with E-state index in [0.717, 1.165) is 11.3 Å². The first-order chi connectivity index (χ1) is 15.9. The molecule has 166 valence electrons. The van der Waals surface area contributed by atoms with Gasteiger partial charge in [0.05, 0.1) is 17.3 Å². The van der Waals surface area contributed by atoms with Gasteiger partial charge in [-0.05, 0) is 25.1 Å². The lowest BCUT2D eigenvalue weighted by atomic mass is 10.0. The number of benzene rings is 2. The first kappa shape index (κ1) is 21.6. The minimum Gasteiger partial charge on any atom is -0.335 e. The molecule has 0 fully saturated rings. The number of aromatic nitrogens is 4. The summed E-state index contributed by atoms with van der Waals surface area (Å²) in [5, 5.41) is 18.2. The maximum absolute atomic E-state index is 13.1. The van der Waals surface area contributed by atoms with E-state index < -0.39 is 23.4 Å². The number of hydrogen-bond acceptors (Lipinski definition) is 6. The molecule has 10 nitrogen and oxygen atoms in total. The molecule has 10 heteroatoms. The standard InChI is InChI=1S/C23H21N7O3/c1-14-16(13-30(2)29-14)12-24-27-23(33)20(25-21(31)15-8-4-3-5-9-15)19-17-10-6-7-11-18(17)22(32)28-26-19/h3-13,20H,1-2H3,(H,25,31)(H,27,33)(H,28,32)/b24-12-/t20-/m0/s1. The van der Waals surface area contributed by atoms with Crippen LogP contribution in [0.3, 0.4) is 0 Å². The second-order valence-corrected chi connectivity index (χ2v) is 7.33. The Morgan fingerprint density at radius 1 is 1.09 bits per heavy atom. The molecule has 1 atom stereocenters. The van der Waals surface area contributed by atoms with Gasteiger partial charge < -0.3 is 5.32 Å². The third kappa shape index (κ3) is 4.69. The third-order valence-electron chi connectivity index (χ3n) is 5.00. The number of carbonyl (C=O) groups excluding carboxylic acids is 2. The zero-order valence-electron chi connectivity index (χ0n) is 17.9. The Labute approximate surface area is 188 Å². The Kier molecular flexibility index (Phi) is 6.07. The molecule has 0 unspecified atom stereocenters. The highest BCUT2D eigenvalue weighted by atomic mass is 16.2. The van der Waals surface area contributed by atoms with Crippen LogP contribution in [-0.4, -0.2) is 38.0 Å². The summed E-state index contributed by atoms with van der Waals surface area (Å²) in [7, 11) is 1.78. The van der Waals surface area contributed by atoms with E-state index in [2.05, 4.69) is 31.1 Å². The summed E-state index contributed by atoms with van der Waals surface area (Å²) in [5.74, 6) is -1.10. The Bertz CT molecular complexity index is 1410. The lowest BCUT2D eigenvalue weighted by Gasteiger charge is -2.18. The summed E-state index contributed by atoms with van der Waals surface area (Å²) in [6, 6.07) is 14.0. The second-order valence-electron chi connectivity index (χ2n) is 7.33. The lowest BCUT2D eigenvalue weighted by molar-refractivity contribution is -0.123. The molecular formula is C23H21N7O3. The average Bonchev–Trinajstić information content (AvgIpc) is 3.15. The van der Waals surface area contributed by atoms with E-state index in [-0.39, 0.29) is 5.69 Å². The van der Waals surface area contributed by atoms with Crippen LogP contribution in [0.1, 0.15) is 33.4 Å². The van der Waals surface area contributed by atoms with Gasteiger partial charge in [0.2, 0.25) is 0 Å². The smallest absolute Gasteiger partial charge is 0.272 e. The highest BCUT2D eigenvalue weighted by Gasteiger charge is 2.27. The van der Waals surface area contributed by atoms with E-state index in [1.165, 1.54) is 6.21 Å². The summed E-state index contributed by atoms with van der Waals surface area (Å²) in [6.45, 7) is 1.82. The number of hydrogen-bond donors (Lipinski definition) is 3. The van der Waals surface area contributed by atoms with Gasteiger partial charge >= 0.3 is 0 Å². The molecule has 0 aliphatic rings. The van der Waals surface area contributed by atoms with Crippen molar-refractivity contribution in [3.63, 3.8) is 0 Å². The lowest BCUT2D eigenvalue weighted by Crippen LogP contribution is -2.40. The molecule has 2 aromatic heterocycles. The summed E-state index contributed by atoms with van der Waals surface area (Å²) < 4.78 is 1.64. The monoisotopic (exact) mass is 443 g/mol. The van der Waals surface area contributed by atoms with Crippen molar-refractivity contribution in [2.75, 3.05) is 0 Å². The molecule has 0 aliphatic carbocycles. The van der Waals surface area contributed by atoms with Gasteiger partial charge in [-0.3, -0.25) is 19.1 Å². The zero-order valence-corrected chi connectivity index (χ0v) is 17.9. The van der Waals surface area contributed by atoms with Crippen molar-refractivity contribution in [3.05, 3.63) is 93.7 Å². The molecular weight excluding hydrogens is 422 g/mol. The maximum atomic E-state index is 13.1. The van der Waals surface area contributed by atoms with E-state index in [9.17, 15) is 14.4 Å². The minimum absolute atomic E-state index is 0.194. The molecule has 3 N–H and O–H groups in total. The number of aromatic amines is 1.